The first-order valence-corrected chi connectivity index (χ1v) is 41.1. The lowest BCUT2D eigenvalue weighted by Crippen LogP contribution is -2.12. The SMILES string of the molecule is C.COC(=O)c1ccc(C(=O)Nc2cccc(-n3cnc4ccccc43)c2)cc1.COc1ccc(C(=O)Nc2cccc(-n3cnc4ccccc43)c2)cc1.N#Cc1ccc(C(=O)Nc2cccc(-n3cnc4ccccc43)c2)cc1.O=C(Nc1cccc(-n2cnc3ccccc32)c1)c1ccc(O)cc1.O=C(O)c1ccc(C(=O)Nc2cccc(-n3cnc4ccccc43)c2)cc1. The number of aromatic nitrogens is 10. The van der Waals surface area contributed by atoms with Gasteiger partial charge in [0.2, 0.25) is 0 Å². The summed E-state index contributed by atoms with van der Waals surface area (Å²) < 4.78 is 19.7. The normalized spacial score (nSPS) is 10.5. The van der Waals surface area contributed by atoms with Gasteiger partial charge in [0.15, 0.2) is 0 Å². The van der Waals surface area contributed by atoms with E-state index < -0.39 is 11.9 Å². The molecule has 0 spiro atoms. The Hall–Kier alpha value is -19.0. The van der Waals surface area contributed by atoms with Crippen molar-refractivity contribution in [1.29, 1.82) is 5.26 Å². The highest BCUT2D eigenvalue weighted by atomic mass is 16.5. The van der Waals surface area contributed by atoms with Crippen LogP contribution in [0.2, 0.25) is 0 Å². The minimum absolute atomic E-state index is 0. The Morgan fingerprint density at radius 2 is 0.526 bits per heavy atom. The highest BCUT2D eigenvalue weighted by Crippen LogP contribution is 2.29. The van der Waals surface area contributed by atoms with Crippen LogP contribution in [0.15, 0.2) is 396 Å². The molecule has 7 N–H and O–H groups in total. The number of nitriles is 1. The van der Waals surface area contributed by atoms with Crippen LogP contribution in [0.5, 0.6) is 11.5 Å². The molecule has 20 aromatic rings. The number of esters is 1. The summed E-state index contributed by atoms with van der Waals surface area (Å²) in [6.07, 6.45) is 8.83. The largest absolute Gasteiger partial charge is 0.508 e. The zero-order valence-corrected chi connectivity index (χ0v) is 70.5. The van der Waals surface area contributed by atoms with E-state index in [1.54, 1.807) is 130 Å². The predicted octanol–water partition coefficient (Wildman–Crippen LogP) is 21.1. The third kappa shape index (κ3) is 21.4. The van der Waals surface area contributed by atoms with Gasteiger partial charge in [0.05, 0.1) is 92.1 Å². The van der Waals surface area contributed by atoms with Gasteiger partial charge in [-0.1, -0.05) is 98.4 Å². The van der Waals surface area contributed by atoms with E-state index in [1.807, 2.05) is 265 Å². The van der Waals surface area contributed by atoms with Crippen molar-refractivity contribution in [2.75, 3.05) is 40.8 Å². The van der Waals surface area contributed by atoms with Gasteiger partial charge in [-0.3, -0.25) is 46.8 Å². The average Bonchev–Trinajstić information content (AvgIpc) is 1.68. The van der Waals surface area contributed by atoms with Gasteiger partial charge < -0.3 is 46.3 Å². The Labute approximate surface area is 761 Å². The summed E-state index contributed by atoms with van der Waals surface area (Å²) in [6.45, 7) is 0. The van der Waals surface area contributed by atoms with E-state index >= 15 is 0 Å². The molecule has 0 fully saturated rings. The van der Waals surface area contributed by atoms with Crippen LogP contribution in [0.1, 0.15) is 85.5 Å². The molecule has 0 atom stereocenters. The summed E-state index contributed by atoms with van der Waals surface area (Å²) in [5.41, 5.74) is 21.0. The second-order valence-corrected chi connectivity index (χ2v) is 29.5. The first kappa shape index (κ1) is 88.9. The molecule has 0 radical (unpaired) electrons. The van der Waals surface area contributed by atoms with Crippen LogP contribution in [0.4, 0.5) is 28.4 Å². The molecule has 0 aliphatic heterocycles. The van der Waals surface area contributed by atoms with Gasteiger partial charge in [-0.05, 0) is 273 Å². The number of aromatic hydroxyl groups is 1. The number of carboxylic acid groups (broad SMARTS) is 1. The Morgan fingerprint density at radius 1 is 0.293 bits per heavy atom. The van der Waals surface area contributed by atoms with E-state index in [0.717, 1.165) is 95.0 Å². The van der Waals surface area contributed by atoms with Gasteiger partial charge in [-0.25, -0.2) is 34.5 Å². The molecular formula is C106H82N16O11. The van der Waals surface area contributed by atoms with E-state index in [4.69, 9.17) is 15.1 Å². The number of nitrogens with zero attached hydrogens (tertiary/aromatic N) is 11. The number of carbonyl (C=O) groups is 7. The quantitative estimate of drug-likeness (QED) is 0.0392. The number of fused-ring (bicyclic) bond motifs is 5. The second kappa shape index (κ2) is 41.4. The molecule has 0 aliphatic rings. The second-order valence-electron chi connectivity index (χ2n) is 29.5. The molecular weight excluding hydrogens is 1670 g/mol. The molecule has 0 unspecified atom stereocenters. The highest BCUT2D eigenvalue weighted by molar-refractivity contribution is 6.08. The van der Waals surface area contributed by atoms with Gasteiger partial charge in [-0.15, -0.1) is 0 Å². The third-order valence-electron chi connectivity index (χ3n) is 20.9. The van der Waals surface area contributed by atoms with Crippen molar-refractivity contribution >= 4 is 125 Å². The Kier molecular flexibility index (Phi) is 27.7. The molecule has 133 heavy (non-hydrogen) atoms. The minimum atomic E-state index is -1.03. The molecule has 0 aliphatic carbocycles. The molecule has 0 saturated heterocycles. The maximum Gasteiger partial charge on any atom is 0.337 e. The first-order valence-electron chi connectivity index (χ1n) is 41.1. The average molecular weight is 1760 g/mol. The molecule has 5 aromatic heterocycles. The molecule has 20 rings (SSSR count). The van der Waals surface area contributed by atoms with E-state index in [2.05, 4.69) is 56.2 Å². The number of carbonyl (C=O) groups excluding carboxylic acids is 6. The van der Waals surface area contributed by atoms with Crippen molar-refractivity contribution in [1.82, 2.24) is 47.8 Å². The number of rotatable bonds is 18. The first-order chi connectivity index (χ1) is 64.5. The number of imidazole rings is 5. The maximum atomic E-state index is 12.5. The summed E-state index contributed by atoms with van der Waals surface area (Å²) in [5, 5.41) is 41.5. The molecule has 27 nitrogen and oxygen atoms in total. The fraction of sp³-hybridized carbons (Fsp3) is 0.0283. The molecule has 652 valence electrons. The van der Waals surface area contributed by atoms with Crippen LogP contribution in [0, 0.1) is 11.3 Å². The topological polar surface area (TPSA) is 351 Å². The van der Waals surface area contributed by atoms with Gasteiger partial charge in [0, 0.05) is 84.7 Å². The lowest BCUT2D eigenvalue weighted by Gasteiger charge is -2.09. The maximum absolute atomic E-state index is 12.5. The molecule has 27 heteroatoms. The standard InChI is InChI=1S/C22H17N3O3.C21H14N4O.C21H15N3O3.C21H17N3O2.C20H15N3O2.CH4/c1-28-22(27)16-11-9-15(10-12-16)21(26)24-17-5-4-6-18(13-17)25-14-23-19-7-2-3-8-20(19)25;22-13-15-8-10-16(11-9-15)21(26)24-17-4-3-5-18(12-17)25-14-23-19-6-1-2-7-20(19)25;25-20(14-8-10-15(11-9-14)21(26)27)23-16-4-3-5-17(12-16)24-13-22-18-6-1-2-7-19(18)24;1-26-18-11-9-15(10-12-18)21(25)23-16-5-4-6-17(13-16)24-14-22-19-7-2-3-8-20(19)24;24-17-10-8-14(9-11-17)20(25)22-15-4-3-5-16(12-15)23-13-21-18-6-1-2-7-19(18)23;/h2-14H,1H3,(H,24,26);1-12,14H,(H,24,26);1-13H,(H,23,25)(H,26,27);2-14H,1H3,(H,23,25);1-13,24H,(H,22,25);1H4. The van der Waals surface area contributed by atoms with Crippen LogP contribution in [0.25, 0.3) is 83.6 Å². The highest BCUT2D eigenvalue weighted by Gasteiger charge is 2.18. The molecule has 5 heterocycles. The number of methoxy groups -OCH3 is 2. The molecule has 0 bridgehead atoms. The van der Waals surface area contributed by atoms with Gasteiger partial charge in [-0.2, -0.15) is 5.26 Å². The summed E-state index contributed by atoms with van der Waals surface area (Å²) in [7, 11) is 2.92. The Balaban J connectivity index is 0.000000127. The van der Waals surface area contributed by atoms with E-state index in [-0.39, 0.29) is 48.3 Å². The van der Waals surface area contributed by atoms with Crippen LogP contribution < -0.4 is 31.3 Å². The Bertz CT molecular complexity index is 7670. The van der Waals surface area contributed by atoms with Crippen molar-refractivity contribution in [3.8, 4) is 46.0 Å². The lowest BCUT2D eigenvalue weighted by molar-refractivity contribution is 0.0599. The number of hydrogen-bond acceptors (Lipinski definition) is 16. The summed E-state index contributed by atoms with van der Waals surface area (Å²) in [5.74, 6) is -1.80. The number of para-hydroxylation sites is 10. The van der Waals surface area contributed by atoms with Crippen LogP contribution in [0.3, 0.4) is 0 Å². The van der Waals surface area contributed by atoms with Crippen LogP contribution >= 0.6 is 0 Å². The van der Waals surface area contributed by atoms with Crippen molar-refractivity contribution in [2.24, 2.45) is 0 Å². The van der Waals surface area contributed by atoms with Crippen molar-refractivity contribution in [3.63, 3.8) is 0 Å². The van der Waals surface area contributed by atoms with E-state index in [0.29, 0.717) is 61.7 Å². The number of amides is 5. The number of anilines is 5. The zero-order chi connectivity index (χ0) is 91.4. The zero-order valence-electron chi connectivity index (χ0n) is 70.5. The fourth-order valence-electron chi connectivity index (χ4n) is 14.2. The third-order valence-corrected chi connectivity index (χ3v) is 20.9. The lowest BCUT2D eigenvalue weighted by atomic mass is 10.1. The molecule has 15 aromatic carbocycles. The number of carboxylic acids is 1. The number of ether oxygens (including phenoxy) is 2. The number of aromatic carboxylic acids is 1. The van der Waals surface area contributed by atoms with Crippen LogP contribution in [-0.4, -0.2) is 114 Å². The summed E-state index contributed by atoms with van der Waals surface area (Å²) in [4.78, 5) is 107. The number of nitrogens with one attached hydrogen (secondary N) is 5. The monoisotopic (exact) mass is 1750 g/mol. The molecule has 0 saturated carbocycles. The predicted molar refractivity (Wildman–Crippen MR) is 515 cm³/mol. The Morgan fingerprint density at radius 3 is 0.774 bits per heavy atom. The van der Waals surface area contributed by atoms with Crippen molar-refractivity contribution < 1.29 is 53.2 Å². The van der Waals surface area contributed by atoms with Crippen molar-refractivity contribution in [3.05, 3.63) is 440 Å². The number of benzene rings is 15. The molecule has 5 amide bonds. The summed E-state index contributed by atoms with van der Waals surface area (Å²) >= 11 is 0. The van der Waals surface area contributed by atoms with Gasteiger partial charge in [0.1, 0.15) is 43.1 Å². The minimum Gasteiger partial charge on any atom is -0.508 e. The van der Waals surface area contributed by atoms with Gasteiger partial charge in [0.25, 0.3) is 29.5 Å². The van der Waals surface area contributed by atoms with Crippen molar-refractivity contribution in [2.45, 2.75) is 7.43 Å². The summed E-state index contributed by atoms with van der Waals surface area (Å²) in [6, 6.07) is 111. The number of phenols is 1. The number of hydrogen-bond donors (Lipinski definition) is 7. The van der Waals surface area contributed by atoms with E-state index in [1.165, 1.54) is 43.5 Å². The number of phenolic OH excluding ortho intramolecular Hbond substituents is 1. The van der Waals surface area contributed by atoms with E-state index in [9.17, 15) is 38.7 Å². The smallest absolute Gasteiger partial charge is 0.337 e. The fourth-order valence-corrected chi connectivity index (χ4v) is 14.2. The van der Waals surface area contributed by atoms with Crippen LogP contribution in [-0.2, 0) is 4.74 Å². The van der Waals surface area contributed by atoms with Gasteiger partial charge >= 0.3 is 11.9 Å².